The first-order chi connectivity index (χ1) is 8.74. The number of rotatable bonds is 5. The largest absolute Gasteiger partial charge is 0.374 e. The van der Waals surface area contributed by atoms with Gasteiger partial charge in [0.2, 0.25) is 0 Å². The summed E-state index contributed by atoms with van der Waals surface area (Å²) in [4.78, 5) is 2.37. The number of hydrogen-bond donors (Lipinski definition) is 1. The minimum Gasteiger partial charge on any atom is -0.374 e. The zero-order valence-corrected chi connectivity index (χ0v) is 12.0. The second kappa shape index (κ2) is 6.24. The highest BCUT2D eigenvalue weighted by molar-refractivity contribution is 5.56. The van der Waals surface area contributed by atoms with Gasteiger partial charge in [-0.1, -0.05) is 26.0 Å². The molecule has 0 saturated heterocycles. The van der Waals surface area contributed by atoms with Gasteiger partial charge in [0.1, 0.15) is 0 Å². The van der Waals surface area contributed by atoms with Crippen LogP contribution in [0.2, 0.25) is 0 Å². The van der Waals surface area contributed by atoms with Gasteiger partial charge in [-0.05, 0) is 42.9 Å². The molecule has 1 aliphatic rings. The van der Waals surface area contributed by atoms with Gasteiger partial charge >= 0.3 is 0 Å². The lowest BCUT2D eigenvalue weighted by molar-refractivity contribution is 0.484. The molecule has 2 heteroatoms. The van der Waals surface area contributed by atoms with Gasteiger partial charge in [0, 0.05) is 31.9 Å². The molecule has 2 rings (SSSR count). The van der Waals surface area contributed by atoms with Crippen molar-refractivity contribution in [2.45, 2.75) is 52.1 Å². The van der Waals surface area contributed by atoms with Crippen molar-refractivity contribution in [2.75, 3.05) is 18.5 Å². The fourth-order valence-electron chi connectivity index (χ4n) is 2.79. The quantitative estimate of drug-likeness (QED) is 0.857. The zero-order valence-electron chi connectivity index (χ0n) is 12.0. The van der Waals surface area contributed by atoms with Crippen molar-refractivity contribution in [3.63, 3.8) is 0 Å². The number of aryl methyl sites for hydroxylation is 1. The summed E-state index contributed by atoms with van der Waals surface area (Å²) in [5.74, 6) is 0. The molecular formula is C16H26N2. The summed E-state index contributed by atoms with van der Waals surface area (Å²) in [6, 6.07) is 7.61. The summed E-state index contributed by atoms with van der Waals surface area (Å²) in [6.45, 7) is 6.70. The van der Waals surface area contributed by atoms with Crippen LogP contribution < -0.4 is 10.2 Å². The Morgan fingerprint density at radius 2 is 2.06 bits per heavy atom. The number of nitrogens with zero attached hydrogens (tertiary/aromatic N) is 1. The molecule has 0 aromatic heterocycles. The second-order valence-corrected chi connectivity index (χ2v) is 5.38. The standard InChI is InChI=1S/C16H26N2/c1-4-15(5-2)17-12-13-8-9-16-14(11-13)7-6-10-18(16)3/h8-9,11,15,17H,4-7,10,12H2,1-3H3. The Kier molecular flexibility index (Phi) is 4.65. The Hall–Kier alpha value is -1.02. The van der Waals surface area contributed by atoms with Gasteiger partial charge < -0.3 is 10.2 Å². The number of benzene rings is 1. The number of fused-ring (bicyclic) bond motifs is 1. The predicted molar refractivity (Wildman–Crippen MR) is 79.2 cm³/mol. The molecule has 0 radical (unpaired) electrons. The van der Waals surface area contributed by atoms with Crippen LogP contribution in [0.5, 0.6) is 0 Å². The summed E-state index contributed by atoms with van der Waals surface area (Å²) in [5, 5.41) is 3.64. The van der Waals surface area contributed by atoms with Crippen molar-refractivity contribution in [3.05, 3.63) is 29.3 Å². The van der Waals surface area contributed by atoms with Crippen LogP contribution in [0.25, 0.3) is 0 Å². The Bertz CT molecular complexity index is 383. The van der Waals surface area contributed by atoms with Crippen molar-refractivity contribution in [2.24, 2.45) is 0 Å². The fraction of sp³-hybridized carbons (Fsp3) is 0.625. The monoisotopic (exact) mass is 246 g/mol. The van der Waals surface area contributed by atoms with Crippen LogP contribution in [-0.4, -0.2) is 19.6 Å². The number of hydrogen-bond acceptors (Lipinski definition) is 2. The first-order valence-corrected chi connectivity index (χ1v) is 7.31. The van der Waals surface area contributed by atoms with Gasteiger partial charge in [0.05, 0.1) is 0 Å². The third-order valence-electron chi connectivity index (χ3n) is 4.08. The summed E-state index contributed by atoms with van der Waals surface area (Å²) >= 11 is 0. The number of anilines is 1. The molecule has 1 N–H and O–H groups in total. The van der Waals surface area contributed by atoms with Gasteiger partial charge in [0.15, 0.2) is 0 Å². The van der Waals surface area contributed by atoms with Crippen LogP contribution in [0, 0.1) is 0 Å². The summed E-state index contributed by atoms with van der Waals surface area (Å²) in [7, 11) is 2.19. The van der Waals surface area contributed by atoms with Gasteiger partial charge in [-0.15, -0.1) is 0 Å². The summed E-state index contributed by atoms with van der Waals surface area (Å²) in [5.41, 5.74) is 4.37. The molecule has 1 aromatic rings. The fourth-order valence-corrected chi connectivity index (χ4v) is 2.79. The Labute approximate surface area is 111 Å². The molecule has 1 aromatic carbocycles. The van der Waals surface area contributed by atoms with Crippen LogP contribution in [-0.2, 0) is 13.0 Å². The van der Waals surface area contributed by atoms with E-state index in [-0.39, 0.29) is 0 Å². The van der Waals surface area contributed by atoms with Crippen molar-refractivity contribution in [1.82, 2.24) is 5.32 Å². The SMILES string of the molecule is CCC(CC)NCc1ccc2c(c1)CCCN2C. The average Bonchev–Trinajstić information content (AvgIpc) is 2.40. The molecule has 0 fully saturated rings. The van der Waals surface area contributed by atoms with E-state index in [1.165, 1.54) is 49.0 Å². The van der Waals surface area contributed by atoms with Gasteiger partial charge in [-0.25, -0.2) is 0 Å². The summed E-state index contributed by atoms with van der Waals surface area (Å²) in [6.07, 6.45) is 4.94. The van der Waals surface area contributed by atoms with E-state index in [2.05, 4.69) is 49.3 Å². The van der Waals surface area contributed by atoms with Crippen LogP contribution in [0.1, 0.15) is 44.2 Å². The normalized spacial score (nSPS) is 15.0. The van der Waals surface area contributed by atoms with E-state index < -0.39 is 0 Å². The maximum absolute atomic E-state index is 3.64. The van der Waals surface area contributed by atoms with Crippen molar-refractivity contribution in [1.29, 1.82) is 0 Å². The van der Waals surface area contributed by atoms with Crippen molar-refractivity contribution in [3.8, 4) is 0 Å². The lowest BCUT2D eigenvalue weighted by atomic mass is 9.99. The molecule has 1 heterocycles. The lowest BCUT2D eigenvalue weighted by Gasteiger charge is -2.28. The van der Waals surface area contributed by atoms with Gasteiger partial charge in [-0.3, -0.25) is 0 Å². The van der Waals surface area contributed by atoms with E-state index in [0.29, 0.717) is 6.04 Å². The first-order valence-electron chi connectivity index (χ1n) is 7.31. The maximum Gasteiger partial charge on any atom is 0.0396 e. The Morgan fingerprint density at radius 1 is 1.28 bits per heavy atom. The smallest absolute Gasteiger partial charge is 0.0396 e. The minimum absolute atomic E-state index is 0.656. The second-order valence-electron chi connectivity index (χ2n) is 5.38. The Balaban J connectivity index is 2.02. The molecule has 2 nitrogen and oxygen atoms in total. The highest BCUT2D eigenvalue weighted by atomic mass is 15.1. The van der Waals surface area contributed by atoms with E-state index in [9.17, 15) is 0 Å². The predicted octanol–water partition coefficient (Wildman–Crippen LogP) is 3.35. The third kappa shape index (κ3) is 3.05. The van der Waals surface area contributed by atoms with Gasteiger partial charge in [-0.2, -0.15) is 0 Å². The molecule has 1 aliphatic heterocycles. The zero-order chi connectivity index (χ0) is 13.0. The highest BCUT2D eigenvalue weighted by Crippen LogP contribution is 2.26. The van der Waals surface area contributed by atoms with Gasteiger partial charge in [0.25, 0.3) is 0 Å². The van der Waals surface area contributed by atoms with Crippen LogP contribution >= 0.6 is 0 Å². The minimum atomic E-state index is 0.656. The van der Waals surface area contributed by atoms with Crippen molar-refractivity contribution < 1.29 is 0 Å². The maximum atomic E-state index is 3.64. The van der Waals surface area contributed by atoms with Crippen LogP contribution in [0.4, 0.5) is 5.69 Å². The molecule has 0 bridgehead atoms. The van der Waals surface area contributed by atoms with Crippen molar-refractivity contribution >= 4 is 5.69 Å². The van der Waals surface area contributed by atoms with Crippen LogP contribution in [0.15, 0.2) is 18.2 Å². The molecule has 0 aliphatic carbocycles. The molecule has 0 amide bonds. The van der Waals surface area contributed by atoms with E-state index in [1.54, 1.807) is 0 Å². The molecule has 100 valence electrons. The molecule has 0 saturated carbocycles. The topological polar surface area (TPSA) is 15.3 Å². The van der Waals surface area contributed by atoms with Crippen LogP contribution in [0.3, 0.4) is 0 Å². The molecule has 0 atom stereocenters. The lowest BCUT2D eigenvalue weighted by Crippen LogP contribution is -2.28. The molecule has 0 spiro atoms. The molecule has 18 heavy (non-hydrogen) atoms. The average molecular weight is 246 g/mol. The first kappa shape index (κ1) is 13.4. The van der Waals surface area contributed by atoms with E-state index >= 15 is 0 Å². The van der Waals surface area contributed by atoms with E-state index in [0.717, 1.165) is 6.54 Å². The Morgan fingerprint density at radius 3 is 2.78 bits per heavy atom. The van der Waals surface area contributed by atoms with E-state index in [1.807, 2.05) is 0 Å². The highest BCUT2D eigenvalue weighted by Gasteiger charge is 2.13. The molecular weight excluding hydrogens is 220 g/mol. The van der Waals surface area contributed by atoms with E-state index in [4.69, 9.17) is 0 Å². The number of nitrogens with one attached hydrogen (secondary N) is 1. The molecule has 0 unspecified atom stereocenters. The summed E-state index contributed by atoms with van der Waals surface area (Å²) < 4.78 is 0. The third-order valence-corrected chi connectivity index (χ3v) is 4.08.